The van der Waals surface area contributed by atoms with Crippen LogP contribution in [0.1, 0.15) is 26.8 Å². The van der Waals surface area contributed by atoms with E-state index in [4.69, 9.17) is 14.0 Å². The Labute approximate surface area is 185 Å². The smallest absolute Gasteiger partial charge is 0.410 e. The molecule has 1 spiro atoms. The van der Waals surface area contributed by atoms with Crippen LogP contribution in [0.15, 0.2) is 28.9 Å². The Bertz CT molecular complexity index is 1180. The molecule has 6 rings (SSSR count). The average molecular weight is 438 g/mol. The van der Waals surface area contributed by atoms with Crippen molar-refractivity contribution in [2.24, 2.45) is 5.41 Å². The predicted molar refractivity (Wildman–Crippen MR) is 115 cm³/mol. The lowest BCUT2D eigenvalue weighted by atomic mass is 9.73. The van der Waals surface area contributed by atoms with E-state index >= 15 is 0 Å². The second-order valence-electron chi connectivity index (χ2n) is 10.1. The minimum atomic E-state index is -0.473. The largest absolute Gasteiger partial charge is 0.444 e. The van der Waals surface area contributed by atoms with E-state index in [9.17, 15) is 4.79 Å². The second-order valence-corrected chi connectivity index (χ2v) is 10.1. The predicted octanol–water partition coefficient (Wildman–Crippen LogP) is 2.71. The number of ether oxygens (including phenoxy) is 2. The summed E-state index contributed by atoms with van der Waals surface area (Å²) < 4.78 is 18.3. The van der Waals surface area contributed by atoms with Crippen molar-refractivity contribution in [3.8, 4) is 11.5 Å². The highest BCUT2D eigenvalue weighted by Crippen LogP contribution is 2.42. The van der Waals surface area contributed by atoms with Gasteiger partial charge in [-0.05, 0) is 38.1 Å². The van der Waals surface area contributed by atoms with Crippen molar-refractivity contribution in [1.29, 1.82) is 0 Å². The molecule has 2 aromatic heterocycles. The molecule has 32 heavy (non-hydrogen) atoms. The molecule has 0 saturated carbocycles. The van der Waals surface area contributed by atoms with Crippen molar-refractivity contribution < 1.29 is 18.8 Å². The van der Waals surface area contributed by atoms with Gasteiger partial charge >= 0.3 is 6.09 Å². The molecule has 3 fully saturated rings. The van der Waals surface area contributed by atoms with Crippen LogP contribution in [-0.4, -0.2) is 75.9 Å². The fraction of sp³-hybridized carbons (Fsp3) is 0.545. The van der Waals surface area contributed by atoms with Gasteiger partial charge in [-0.25, -0.2) is 4.79 Å². The first-order valence-corrected chi connectivity index (χ1v) is 10.9. The molecule has 0 unspecified atom stereocenters. The molecule has 10 nitrogen and oxygen atoms in total. The Morgan fingerprint density at radius 3 is 2.66 bits per heavy atom. The minimum Gasteiger partial charge on any atom is -0.444 e. The molecule has 10 heteroatoms. The number of nitrogens with zero attached hydrogens (tertiary/aromatic N) is 6. The molecule has 3 aromatic rings. The average Bonchev–Trinajstić information content (AvgIpc) is 3.24. The maximum absolute atomic E-state index is 12.2. The van der Waals surface area contributed by atoms with Gasteiger partial charge in [-0.1, -0.05) is 6.07 Å². The fourth-order valence-corrected chi connectivity index (χ4v) is 4.61. The number of likely N-dealkylation sites (tertiary alicyclic amines) is 1. The molecular formula is C22H26N6O4. The number of fused-ring (bicyclic) bond motifs is 1. The summed E-state index contributed by atoms with van der Waals surface area (Å²) in [5.41, 5.74) is 1.54. The van der Waals surface area contributed by atoms with Crippen LogP contribution >= 0.6 is 0 Å². The molecule has 3 saturated heterocycles. The Balaban J connectivity index is 1.11. The van der Waals surface area contributed by atoms with Gasteiger partial charge in [-0.3, -0.25) is 4.68 Å². The quantitative estimate of drug-likeness (QED) is 0.616. The molecule has 1 aromatic carbocycles. The van der Waals surface area contributed by atoms with Gasteiger partial charge in [0.2, 0.25) is 0 Å². The first kappa shape index (κ1) is 19.5. The third kappa shape index (κ3) is 3.21. The summed E-state index contributed by atoms with van der Waals surface area (Å²) in [5, 5.41) is 9.76. The highest BCUT2D eigenvalue weighted by atomic mass is 16.6. The summed E-state index contributed by atoms with van der Waals surface area (Å²) >= 11 is 0. The number of benzene rings is 1. The zero-order valence-electron chi connectivity index (χ0n) is 18.4. The van der Waals surface area contributed by atoms with Gasteiger partial charge in [-0.2, -0.15) is 10.1 Å². The van der Waals surface area contributed by atoms with Crippen LogP contribution in [0.2, 0.25) is 0 Å². The van der Waals surface area contributed by atoms with Gasteiger partial charge in [0.1, 0.15) is 5.60 Å². The Morgan fingerprint density at radius 1 is 1.19 bits per heavy atom. The molecule has 0 radical (unpaired) electrons. The Morgan fingerprint density at radius 2 is 1.97 bits per heavy atom. The van der Waals surface area contributed by atoms with Crippen LogP contribution in [0.4, 0.5) is 10.7 Å². The van der Waals surface area contributed by atoms with E-state index in [0.717, 1.165) is 29.6 Å². The van der Waals surface area contributed by atoms with E-state index in [1.165, 1.54) is 0 Å². The van der Waals surface area contributed by atoms with E-state index in [-0.39, 0.29) is 17.6 Å². The maximum Gasteiger partial charge on any atom is 0.410 e. The fourth-order valence-electron chi connectivity index (χ4n) is 4.61. The molecule has 5 heterocycles. The van der Waals surface area contributed by atoms with Crippen LogP contribution < -0.4 is 4.90 Å². The number of aromatic nitrogens is 4. The third-order valence-corrected chi connectivity index (χ3v) is 6.27. The van der Waals surface area contributed by atoms with Gasteiger partial charge < -0.3 is 23.8 Å². The number of carbonyl (C=O) groups is 1. The summed E-state index contributed by atoms with van der Waals surface area (Å²) in [6.07, 6.45) is 1.63. The highest BCUT2D eigenvalue weighted by molar-refractivity contribution is 5.83. The molecule has 1 amide bonds. The van der Waals surface area contributed by atoms with Gasteiger partial charge in [0.15, 0.2) is 0 Å². The standard InChI is InChI=1S/C22H26N6O4/c1-21(2,3)31-20(29)27-12-22(13-27)10-26(11-22)19-24-18(32-25-19)14-4-5-15-7-23-28(17(15)6-14)16-8-30-9-16/h4-7,16H,8-13H2,1-3H3. The number of rotatable bonds is 3. The highest BCUT2D eigenvalue weighted by Gasteiger charge is 2.55. The summed E-state index contributed by atoms with van der Waals surface area (Å²) in [4.78, 5) is 20.6. The van der Waals surface area contributed by atoms with Crippen molar-refractivity contribution >= 4 is 22.9 Å². The molecule has 168 valence electrons. The van der Waals surface area contributed by atoms with Crippen LogP contribution in [-0.2, 0) is 9.47 Å². The van der Waals surface area contributed by atoms with Crippen molar-refractivity contribution in [1.82, 2.24) is 24.8 Å². The van der Waals surface area contributed by atoms with Crippen molar-refractivity contribution in [2.45, 2.75) is 32.4 Å². The number of amides is 1. The normalized spacial score (nSPS) is 20.2. The lowest BCUT2D eigenvalue weighted by Gasteiger charge is -2.59. The first-order valence-electron chi connectivity index (χ1n) is 10.9. The number of carbonyl (C=O) groups excluding carboxylic acids is 1. The molecule has 3 aliphatic rings. The van der Waals surface area contributed by atoms with Gasteiger partial charge in [-0.15, -0.1) is 0 Å². The van der Waals surface area contributed by atoms with E-state index < -0.39 is 5.60 Å². The van der Waals surface area contributed by atoms with Crippen LogP contribution in [0.5, 0.6) is 0 Å². The maximum atomic E-state index is 12.2. The van der Waals surface area contributed by atoms with Gasteiger partial charge in [0.05, 0.1) is 31.0 Å². The molecule has 0 atom stereocenters. The molecule has 0 aliphatic carbocycles. The van der Waals surface area contributed by atoms with E-state index in [1.54, 1.807) is 4.90 Å². The second kappa shape index (κ2) is 6.68. The third-order valence-electron chi connectivity index (χ3n) is 6.27. The number of hydrogen-bond acceptors (Lipinski definition) is 8. The lowest BCUT2D eigenvalue weighted by Crippen LogP contribution is -2.73. The number of hydrogen-bond donors (Lipinski definition) is 0. The van der Waals surface area contributed by atoms with E-state index in [0.29, 0.717) is 38.1 Å². The van der Waals surface area contributed by atoms with Crippen LogP contribution in [0.25, 0.3) is 22.4 Å². The monoisotopic (exact) mass is 438 g/mol. The molecule has 3 aliphatic heterocycles. The summed E-state index contributed by atoms with van der Waals surface area (Å²) in [5.74, 6) is 1.08. The zero-order chi connectivity index (χ0) is 22.1. The number of anilines is 1. The van der Waals surface area contributed by atoms with Crippen LogP contribution in [0.3, 0.4) is 0 Å². The Hall–Kier alpha value is -3.14. The topological polar surface area (TPSA) is 98.8 Å². The Kier molecular flexibility index (Phi) is 4.08. The van der Waals surface area contributed by atoms with E-state index in [2.05, 4.69) is 20.1 Å². The molecular weight excluding hydrogens is 412 g/mol. The zero-order valence-corrected chi connectivity index (χ0v) is 18.4. The first-order chi connectivity index (χ1) is 15.3. The summed E-state index contributed by atoms with van der Waals surface area (Å²) in [6.45, 7) is 10.0. The van der Waals surface area contributed by atoms with Gasteiger partial charge in [0.25, 0.3) is 11.8 Å². The van der Waals surface area contributed by atoms with Crippen molar-refractivity contribution in [3.05, 3.63) is 24.4 Å². The van der Waals surface area contributed by atoms with Crippen LogP contribution in [0, 0.1) is 5.41 Å². The minimum absolute atomic E-state index is 0.105. The van der Waals surface area contributed by atoms with E-state index in [1.807, 2.05) is 49.8 Å². The molecule has 0 bridgehead atoms. The van der Waals surface area contributed by atoms with Crippen molar-refractivity contribution in [2.75, 3.05) is 44.3 Å². The molecule has 0 N–H and O–H groups in total. The SMILES string of the molecule is CC(C)(C)OC(=O)N1CC2(C1)CN(c1noc(-c3ccc4cnn(C5COC5)c4c3)n1)C2. The summed E-state index contributed by atoms with van der Waals surface area (Å²) in [7, 11) is 0. The van der Waals surface area contributed by atoms with Gasteiger partial charge in [0, 0.05) is 42.5 Å². The summed E-state index contributed by atoms with van der Waals surface area (Å²) in [6, 6.07) is 6.32. The van der Waals surface area contributed by atoms with Crippen molar-refractivity contribution in [3.63, 3.8) is 0 Å². The lowest BCUT2D eigenvalue weighted by molar-refractivity contribution is -0.0457.